The molecule has 1 heterocycles. The third-order valence-electron chi connectivity index (χ3n) is 3.29. The van der Waals surface area contributed by atoms with Crippen LogP contribution in [0.3, 0.4) is 0 Å². The van der Waals surface area contributed by atoms with Crippen LogP contribution in [0.25, 0.3) is 5.69 Å². The number of nitrogens with zero attached hydrogens (tertiary/aromatic N) is 3. The maximum absolute atomic E-state index is 14.3. The zero-order chi connectivity index (χ0) is 16.8. The summed E-state index contributed by atoms with van der Waals surface area (Å²) in [5.74, 6) is 1.21. The van der Waals surface area contributed by atoms with E-state index in [-0.39, 0.29) is 11.9 Å². The molecule has 0 bridgehead atoms. The van der Waals surface area contributed by atoms with Crippen LogP contribution in [0.2, 0.25) is 0 Å². The zero-order valence-corrected chi connectivity index (χ0v) is 14.1. The quantitative estimate of drug-likeness (QED) is 0.658. The second-order valence-electron chi connectivity index (χ2n) is 5.62. The van der Waals surface area contributed by atoms with Crippen molar-refractivity contribution in [2.24, 2.45) is 4.99 Å². The van der Waals surface area contributed by atoms with E-state index in [0.29, 0.717) is 12.2 Å². The molecule has 1 aromatic carbocycles. The predicted octanol–water partition coefficient (Wildman–Crippen LogP) is 2.78. The Morgan fingerprint density at radius 2 is 2.17 bits per heavy atom. The highest BCUT2D eigenvalue weighted by atomic mass is 19.1. The molecule has 0 saturated carbocycles. The molecule has 0 aliphatic carbocycles. The number of halogens is 1. The minimum absolute atomic E-state index is 0.277. The lowest BCUT2D eigenvalue weighted by molar-refractivity contribution is 0.614. The van der Waals surface area contributed by atoms with Gasteiger partial charge in [-0.1, -0.05) is 6.07 Å². The molecule has 0 aliphatic rings. The van der Waals surface area contributed by atoms with Crippen LogP contribution in [-0.2, 0) is 6.54 Å². The van der Waals surface area contributed by atoms with Gasteiger partial charge in [-0.25, -0.2) is 14.4 Å². The molecular formula is C17H24FN5. The summed E-state index contributed by atoms with van der Waals surface area (Å²) in [6, 6.07) is 5.46. The number of nitrogens with one attached hydrogen (secondary N) is 2. The van der Waals surface area contributed by atoms with Crippen molar-refractivity contribution in [3.05, 3.63) is 47.8 Å². The highest BCUT2D eigenvalue weighted by molar-refractivity contribution is 5.79. The number of hydrogen-bond donors (Lipinski definition) is 2. The smallest absolute Gasteiger partial charge is 0.191 e. The van der Waals surface area contributed by atoms with E-state index in [0.717, 1.165) is 23.9 Å². The Morgan fingerprint density at radius 1 is 1.39 bits per heavy atom. The molecule has 0 saturated heterocycles. The number of benzene rings is 1. The fourth-order valence-electron chi connectivity index (χ4n) is 2.24. The summed E-state index contributed by atoms with van der Waals surface area (Å²) in [6.07, 6.45) is 3.41. The SMILES string of the molecule is CCNC(=NCc1ccc(-n2ccnc2C)c(F)c1)NC(C)C. The molecule has 0 radical (unpaired) electrons. The van der Waals surface area contributed by atoms with Crippen molar-refractivity contribution in [1.29, 1.82) is 0 Å². The Hall–Kier alpha value is -2.37. The largest absolute Gasteiger partial charge is 0.357 e. The molecule has 2 aromatic rings. The molecule has 0 amide bonds. The fourth-order valence-corrected chi connectivity index (χ4v) is 2.24. The number of rotatable bonds is 5. The van der Waals surface area contributed by atoms with E-state index >= 15 is 0 Å². The van der Waals surface area contributed by atoms with E-state index < -0.39 is 0 Å². The topological polar surface area (TPSA) is 54.2 Å². The number of imidazole rings is 1. The lowest BCUT2D eigenvalue weighted by Gasteiger charge is -2.14. The lowest BCUT2D eigenvalue weighted by atomic mass is 10.2. The fraction of sp³-hybridized carbons (Fsp3) is 0.412. The average Bonchev–Trinajstić information content (AvgIpc) is 2.90. The summed E-state index contributed by atoms with van der Waals surface area (Å²) in [6.45, 7) is 9.16. The van der Waals surface area contributed by atoms with Crippen LogP contribution in [0.4, 0.5) is 4.39 Å². The van der Waals surface area contributed by atoms with Crippen LogP contribution < -0.4 is 10.6 Å². The molecular weight excluding hydrogens is 293 g/mol. The second kappa shape index (κ2) is 7.76. The highest BCUT2D eigenvalue weighted by Crippen LogP contribution is 2.17. The molecule has 0 spiro atoms. The first kappa shape index (κ1) is 17.0. The molecule has 1 aromatic heterocycles. The molecule has 2 N–H and O–H groups in total. The molecule has 2 rings (SSSR count). The van der Waals surface area contributed by atoms with Crippen LogP contribution >= 0.6 is 0 Å². The van der Waals surface area contributed by atoms with Crippen LogP contribution in [-0.4, -0.2) is 28.1 Å². The molecule has 0 unspecified atom stereocenters. The first-order valence-corrected chi connectivity index (χ1v) is 7.84. The first-order valence-electron chi connectivity index (χ1n) is 7.84. The second-order valence-corrected chi connectivity index (χ2v) is 5.62. The van der Waals surface area contributed by atoms with Gasteiger partial charge in [0.2, 0.25) is 0 Å². The van der Waals surface area contributed by atoms with Gasteiger partial charge in [0.25, 0.3) is 0 Å². The number of aryl methyl sites for hydroxylation is 1. The van der Waals surface area contributed by atoms with Crippen molar-refractivity contribution < 1.29 is 4.39 Å². The van der Waals surface area contributed by atoms with Gasteiger partial charge >= 0.3 is 0 Å². The third kappa shape index (κ3) is 4.55. The van der Waals surface area contributed by atoms with Crippen LogP contribution in [0.5, 0.6) is 0 Å². The maximum atomic E-state index is 14.3. The molecule has 0 fully saturated rings. The zero-order valence-electron chi connectivity index (χ0n) is 14.1. The molecule has 124 valence electrons. The van der Waals surface area contributed by atoms with E-state index in [4.69, 9.17) is 0 Å². The Balaban J connectivity index is 2.15. The lowest BCUT2D eigenvalue weighted by Crippen LogP contribution is -2.41. The van der Waals surface area contributed by atoms with E-state index in [9.17, 15) is 4.39 Å². The molecule has 6 heteroatoms. The number of aliphatic imine (C=N–C) groups is 1. The molecule has 0 atom stereocenters. The highest BCUT2D eigenvalue weighted by Gasteiger charge is 2.08. The number of guanidine groups is 1. The van der Waals surface area contributed by atoms with Crippen molar-refractivity contribution in [1.82, 2.24) is 20.2 Å². The Morgan fingerprint density at radius 3 is 2.74 bits per heavy atom. The van der Waals surface area contributed by atoms with Gasteiger partial charge in [0.15, 0.2) is 5.96 Å². The van der Waals surface area contributed by atoms with Gasteiger partial charge in [0, 0.05) is 25.0 Å². The van der Waals surface area contributed by atoms with Crippen molar-refractivity contribution in [3.8, 4) is 5.69 Å². The molecule has 0 aliphatic heterocycles. The minimum Gasteiger partial charge on any atom is -0.357 e. The number of aromatic nitrogens is 2. The summed E-state index contributed by atoms with van der Waals surface area (Å²) in [5, 5.41) is 6.41. The van der Waals surface area contributed by atoms with Gasteiger partial charge in [-0.2, -0.15) is 0 Å². The van der Waals surface area contributed by atoms with Gasteiger partial charge in [-0.3, -0.25) is 0 Å². The Bertz CT molecular complexity index is 675. The molecule has 23 heavy (non-hydrogen) atoms. The van der Waals surface area contributed by atoms with Crippen molar-refractivity contribution >= 4 is 5.96 Å². The first-order chi connectivity index (χ1) is 11.0. The van der Waals surface area contributed by atoms with Crippen LogP contribution in [0.15, 0.2) is 35.6 Å². The summed E-state index contributed by atoms with van der Waals surface area (Å²) >= 11 is 0. The average molecular weight is 317 g/mol. The maximum Gasteiger partial charge on any atom is 0.191 e. The monoisotopic (exact) mass is 317 g/mol. The van der Waals surface area contributed by atoms with Crippen molar-refractivity contribution in [2.75, 3.05) is 6.54 Å². The van der Waals surface area contributed by atoms with Gasteiger partial charge in [-0.15, -0.1) is 0 Å². The van der Waals surface area contributed by atoms with E-state index in [1.165, 1.54) is 6.07 Å². The summed E-state index contributed by atoms with van der Waals surface area (Å²) in [7, 11) is 0. The van der Waals surface area contributed by atoms with Gasteiger partial charge < -0.3 is 15.2 Å². The standard InChI is InChI=1S/C17H24FN5/c1-5-19-17(22-12(2)3)21-11-14-6-7-16(15(18)10-14)23-9-8-20-13(23)4/h6-10,12H,5,11H2,1-4H3,(H2,19,21,22). The predicted molar refractivity (Wildman–Crippen MR) is 91.3 cm³/mol. The van der Waals surface area contributed by atoms with E-state index in [2.05, 4.69) is 34.5 Å². The van der Waals surface area contributed by atoms with E-state index in [1.807, 2.05) is 19.9 Å². The van der Waals surface area contributed by atoms with E-state index in [1.54, 1.807) is 23.0 Å². The Labute approximate surface area is 136 Å². The normalized spacial score (nSPS) is 11.8. The van der Waals surface area contributed by atoms with Gasteiger partial charge in [0.05, 0.1) is 12.2 Å². The van der Waals surface area contributed by atoms with Gasteiger partial charge in [-0.05, 0) is 45.4 Å². The van der Waals surface area contributed by atoms with Crippen molar-refractivity contribution in [2.45, 2.75) is 40.3 Å². The minimum atomic E-state index is -0.277. The van der Waals surface area contributed by atoms with Crippen molar-refractivity contribution in [3.63, 3.8) is 0 Å². The summed E-state index contributed by atoms with van der Waals surface area (Å²) in [5.41, 5.74) is 1.32. The third-order valence-corrected chi connectivity index (χ3v) is 3.29. The number of hydrogen-bond acceptors (Lipinski definition) is 2. The van der Waals surface area contributed by atoms with Crippen LogP contribution in [0.1, 0.15) is 32.2 Å². The molecule has 5 nitrogen and oxygen atoms in total. The Kier molecular flexibility index (Phi) is 5.73. The van der Waals surface area contributed by atoms with Gasteiger partial charge in [0.1, 0.15) is 11.6 Å². The summed E-state index contributed by atoms with van der Waals surface area (Å²) in [4.78, 5) is 8.61. The summed E-state index contributed by atoms with van der Waals surface area (Å²) < 4.78 is 16.1. The van der Waals surface area contributed by atoms with Crippen LogP contribution in [0, 0.1) is 12.7 Å².